The predicted octanol–water partition coefficient (Wildman–Crippen LogP) is 1.89. The summed E-state index contributed by atoms with van der Waals surface area (Å²) < 4.78 is 38.2. The number of alkyl halides is 3. The van der Waals surface area contributed by atoms with Crippen LogP contribution in [0.15, 0.2) is 35.1 Å². The summed E-state index contributed by atoms with van der Waals surface area (Å²) in [4.78, 5) is 10.9. The lowest BCUT2D eigenvalue weighted by molar-refractivity contribution is -0.137. The summed E-state index contributed by atoms with van der Waals surface area (Å²) >= 11 is 0. The van der Waals surface area contributed by atoms with E-state index in [0.717, 1.165) is 22.9 Å². The molecule has 1 aromatic carbocycles. The third kappa shape index (κ3) is 2.17. The van der Waals surface area contributed by atoms with Crippen LogP contribution < -0.4 is 5.56 Å². The first-order valence-electron chi connectivity index (χ1n) is 4.56. The molecular weight excluding hydrogens is 237 g/mol. The number of nitrogens with zero attached hydrogens (tertiary/aromatic N) is 1. The Kier molecular flexibility index (Phi) is 2.45. The van der Waals surface area contributed by atoms with Gasteiger partial charge in [0, 0.05) is 0 Å². The van der Waals surface area contributed by atoms with Gasteiger partial charge in [-0.3, -0.25) is 9.89 Å². The monoisotopic (exact) mass is 244 g/mol. The minimum absolute atomic E-state index is 0.0272. The van der Waals surface area contributed by atoms with Crippen molar-refractivity contribution in [2.45, 2.75) is 6.18 Å². The van der Waals surface area contributed by atoms with Gasteiger partial charge in [0.15, 0.2) is 0 Å². The Labute approximate surface area is 92.9 Å². The van der Waals surface area contributed by atoms with Crippen molar-refractivity contribution in [3.05, 3.63) is 46.2 Å². The van der Waals surface area contributed by atoms with Gasteiger partial charge in [-0.15, -0.1) is 0 Å². The van der Waals surface area contributed by atoms with E-state index < -0.39 is 23.2 Å². The molecule has 2 aromatic rings. The van der Waals surface area contributed by atoms with Gasteiger partial charge in [0.25, 0.3) is 5.56 Å². The van der Waals surface area contributed by atoms with Gasteiger partial charge in [0.1, 0.15) is 0 Å². The minimum Gasteiger partial charge on any atom is -0.493 e. The minimum atomic E-state index is -4.47. The van der Waals surface area contributed by atoms with Crippen LogP contribution in [0, 0.1) is 0 Å². The van der Waals surface area contributed by atoms with E-state index in [1.165, 1.54) is 12.1 Å². The van der Waals surface area contributed by atoms with Crippen LogP contribution in [0.4, 0.5) is 13.2 Å². The number of hydrogen-bond acceptors (Lipinski definition) is 2. The molecule has 0 atom stereocenters. The fraction of sp³-hybridized carbons (Fsp3) is 0.100. The number of rotatable bonds is 1. The number of nitrogens with one attached hydrogen (secondary N) is 1. The number of hydrogen-bond donors (Lipinski definition) is 2. The zero-order chi connectivity index (χ0) is 12.6. The number of aromatic amines is 1. The second kappa shape index (κ2) is 3.69. The third-order valence-corrected chi connectivity index (χ3v) is 2.14. The van der Waals surface area contributed by atoms with Crippen LogP contribution in [0.2, 0.25) is 0 Å². The second-order valence-corrected chi connectivity index (χ2v) is 3.36. The maximum absolute atomic E-state index is 12.4. The van der Waals surface area contributed by atoms with Crippen LogP contribution in [-0.2, 0) is 6.18 Å². The van der Waals surface area contributed by atoms with Crippen molar-refractivity contribution < 1.29 is 18.3 Å². The molecule has 1 aromatic heterocycles. The molecule has 0 bridgehead atoms. The molecular formula is C10H7F3N2O2. The van der Waals surface area contributed by atoms with E-state index in [4.69, 9.17) is 0 Å². The molecule has 0 aliphatic carbocycles. The van der Waals surface area contributed by atoms with E-state index >= 15 is 0 Å². The highest BCUT2D eigenvalue weighted by molar-refractivity contribution is 5.38. The first-order chi connectivity index (χ1) is 7.88. The summed E-state index contributed by atoms with van der Waals surface area (Å²) in [5.41, 5.74) is -1.43. The highest BCUT2D eigenvalue weighted by Crippen LogP contribution is 2.30. The molecule has 0 aliphatic rings. The van der Waals surface area contributed by atoms with Gasteiger partial charge in [-0.25, -0.2) is 4.68 Å². The molecule has 7 heteroatoms. The fourth-order valence-electron chi connectivity index (χ4n) is 1.40. The molecule has 1 heterocycles. The Bertz CT molecular complexity index is 598. The standard InChI is InChI=1S/C10H7F3N2O2/c11-10(12,13)6-2-1-3-7(4-6)15-9(17)5-8(16)14-15/h1-5,17H,(H,14,16). The molecule has 17 heavy (non-hydrogen) atoms. The van der Waals surface area contributed by atoms with Crippen LogP contribution in [0.5, 0.6) is 5.88 Å². The summed E-state index contributed by atoms with van der Waals surface area (Å²) in [5.74, 6) is -0.450. The number of aromatic nitrogens is 2. The topological polar surface area (TPSA) is 58.0 Å². The van der Waals surface area contributed by atoms with Crippen LogP contribution >= 0.6 is 0 Å². The summed E-state index contributed by atoms with van der Waals surface area (Å²) in [6.07, 6.45) is -4.47. The van der Waals surface area contributed by atoms with Crippen molar-refractivity contribution in [1.82, 2.24) is 9.78 Å². The van der Waals surface area contributed by atoms with Crippen LogP contribution in [0.25, 0.3) is 5.69 Å². The van der Waals surface area contributed by atoms with Crippen LogP contribution in [0.1, 0.15) is 5.56 Å². The Morgan fingerprint density at radius 2 is 1.94 bits per heavy atom. The number of H-pyrrole nitrogens is 1. The lowest BCUT2D eigenvalue weighted by Gasteiger charge is -2.09. The van der Waals surface area contributed by atoms with Crippen molar-refractivity contribution in [2.75, 3.05) is 0 Å². The molecule has 0 spiro atoms. The zero-order valence-corrected chi connectivity index (χ0v) is 8.32. The second-order valence-electron chi connectivity index (χ2n) is 3.36. The maximum atomic E-state index is 12.4. The summed E-state index contributed by atoms with van der Waals surface area (Å²) in [5, 5.41) is 11.5. The molecule has 2 rings (SSSR count). The van der Waals surface area contributed by atoms with Gasteiger partial charge in [-0.1, -0.05) is 6.07 Å². The molecule has 4 nitrogen and oxygen atoms in total. The molecule has 0 fully saturated rings. The molecule has 0 saturated heterocycles. The van der Waals surface area contributed by atoms with Crippen molar-refractivity contribution in [1.29, 1.82) is 0 Å². The fourth-order valence-corrected chi connectivity index (χ4v) is 1.40. The number of benzene rings is 1. The normalized spacial score (nSPS) is 11.7. The Hall–Kier alpha value is -2.18. The van der Waals surface area contributed by atoms with E-state index in [-0.39, 0.29) is 5.69 Å². The van der Waals surface area contributed by atoms with Crippen molar-refractivity contribution in [3.8, 4) is 11.6 Å². The summed E-state index contributed by atoms with van der Waals surface area (Å²) in [6, 6.07) is 5.14. The molecule has 0 saturated carbocycles. The van der Waals surface area contributed by atoms with Crippen molar-refractivity contribution in [3.63, 3.8) is 0 Å². The highest BCUT2D eigenvalue weighted by Gasteiger charge is 2.30. The van der Waals surface area contributed by atoms with E-state index in [1.54, 1.807) is 0 Å². The number of halogens is 3. The quantitative estimate of drug-likeness (QED) is 0.804. The molecule has 2 N–H and O–H groups in total. The Balaban J connectivity index is 2.54. The van der Waals surface area contributed by atoms with Gasteiger partial charge < -0.3 is 5.11 Å². The first-order valence-corrected chi connectivity index (χ1v) is 4.56. The average Bonchev–Trinajstić information content (AvgIpc) is 2.57. The average molecular weight is 244 g/mol. The van der Waals surface area contributed by atoms with Crippen LogP contribution in [0.3, 0.4) is 0 Å². The molecule has 0 aliphatic heterocycles. The van der Waals surface area contributed by atoms with E-state index in [1.807, 2.05) is 0 Å². The predicted molar refractivity (Wildman–Crippen MR) is 53.1 cm³/mol. The van der Waals surface area contributed by atoms with Crippen LogP contribution in [-0.4, -0.2) is 14.9 Å². The van der Waals surface area contributed by atoms with Crippen molar-refractivity contribution in [2.24, 2.45) is 0 Å². The van der Waals surface area contributed by atoms with Gasteiger partial charge in [-0.2, -0.15) is 13.2 Å². The zero-order valence-electron chi connectivity index (χ0n) is 8.32. The molecule has 0 unspecified atom stereocenters. The number of aromatic hydroxyl groups is 1. The summed E-state index contributed by atoms with van der Waals surface area (Å²) in [7, 11) is 0. The van der Waals surface area contributed by atoms with E-state index in [9.17, 15) is 23.1 Å². The first kappa shape index (κ1) is 11.3. The van der Waals surface area contributed by atoms with E-state index in [2.05, 4.69) is 5.10 Å². The van der Waals surface area contributed by atoms with Gasteiger partial charge in [0.05, 0.1) is 17.3 Å². The van der Waals surface area contributed by atoms with Gasteiger partial charge in [-0.05, 0) is 18.2 Å². The van der Waals surface area contributed by atoms with E-state index in [0.29, 0.717) is 0 Å². The molecule has 90 valence electrons. The lowest BCUT2D eigenvalue weighted by Crippen LogP contribution is -2.08. The van der Waals surface area contributed by atoms with Gasteiger partial charge in [0.2, 0.25) is 5.88 Å². The molecule has 0 radical (unpaired) electrons. The highest BCUT2D eigenvalue weighted by atomic mass is 19.4. The SMILES string of the molecule is O=c1cc(O)n(-c2cccc(C(F)(F)F)c2)[nH]1. The Morgan fingerprint density at radius 1 is 1.24 bits per heavy atom. The smallest absolute Gasteiger partial charge is 0.416 e. The maximum Gasteiger partial charge on any atom is 0.416 e. The third-order valence-electron chi connectivity index (χ3n) is 2.14. The molecule has 0 amide bonds. The van der Waals surface area contributed by atoms with Gasteiger partial charge >= 0.3 is 6.18 Å². The summed E-state index contributed by atoms with van der Waals surface area (Å²) in [6.45, 7) is 0. The Morgan fingerprint density at radius 3 is 2.47 bits per heavy atom. The van der Waals surface area contributed by atoms with Crippen molar-refractivity contribution >= 4 is 0 Å². The lowest BCUT2D eigenvalue weighted by atomic mass is 10.2. The largest absolute Gasteiger partial charge is 0.493 e.